The van der Waals surface area contributed by atoms with E-state index in [1.807, 2.05) is 59.2 Å². The van der Waals surface area contributed by atoms with Gasteiger partial charge in [0, 0.05) is 29.6 Å². The van der Waals surface area contributed by atoms with Crippen molar-refractivity contribution in [1.82, 2.24) is 24.7 Å². The second kappa shape index (κ2) is 11.5. The summed E-state index contributed by atoms with van der Waals surface area (Å²) in [6.45, 7) is 2.16. The number of amides is 1. The van der Waals surface area contributed by atoms with Crippen LogP contribution >= 0.6 is 11.8 Å². The van der Waals surface area contributed by atoms with Gasteiger partial charge < -0.3 is 10.3 Å². The lowest BCUT2D eigenvalue weighted by Crippen LogP contribution is -2.23. The molecule has 0 saturated heterocycles. The Labute approximate surface area is 206 Å². The molecule has 4 aromatic rings. The summed E-state index contributed by atoms with van der Waals surface area (Å²) in [5.41, 5.74) is 2.16. The summed E-state index contributed by atoms with van der Waals surface area (Å²) in [6.07, 6.45) is 3.51. The van der Waals surface area contributed by atoms with Crippen molar-refractivity contribution in [3.8, 4) is 5.69 Å². The van der Waals surface area contributed by atoms with Crippen LogP contribution in [0.1, 0.15) is 36.8 Å². The monoisotopic (exact) mass is 490 g/mol. The van der Waals surface area contributed by atoms with Crippen LogP contribution in [0.5, 0.6) is 0 Å². The maximum Gasteiger partial charge on any atom is 0.325 e. The molecule has 0 saturated carbocycles. The number of benzene rings is 2. The van der Waals surface area contributed by atoms with Crippen LogP contribution in [0.25, 0.3) is 5.69 Å². The van der Waals surface area contributed by atoms with Gasteiger partial charge in [0.2, 0.25) is 5.91 Å². The van der Waals surface area contributed by atoms with Crippen molar-refractivity contribution >= 4 is 23.4 Å². The number of carbonyl (C=O) groups excluding carboxylic acids is 1. The number of anilines is 1. The standard InChI is InChI=1S/C25H26N6O3S/c1-2-3-7-17-10-12-18(13-11-17)26-23(33)16-35-25-30-29-21(31(25)20-8-5-4-6-9-20)14-19-15-22(32)28-24(34)27-19/h4-6,8-13,15H,2-3,7,14,16H2,1H3,(H,26,33)(H2,27,28,32,34). The number of carbonyl (C=O) groups is 1. The fourth-order valence-corrected chi connectivity index (χ4v) is 4.36. The molecular weight excluding hydrogens is 464 g/mol. The van der Waals surface area contributed by atoms with Gasteiger partial charge in [0.05, 0.1) is 5.75 Å². The molecule has 0 spiro atoms. The number of aromatic nitrogens is 5. The Balaban J connectivity index is 1.48. The van der Waals surface area contributed by atoms with E-state index in [0.717, 1.165) is 30.6 Å². The van der Waals surface area contributed by atoms with E-state index in [4.69, 9.17) is 0 Å². The number of unbranched alkanes of at least 4 members (excludes halogenated alkanes) is 1. The van der Waals surface area contributed by atoms with Gasteiger partial charge in [-0.05, 0) is 42.7 Å². The van der Waals surface area contributed by atoms with Gasteiger partial charge in [-0.2, -0.15) is 0 Å². The lowest BCUT2D eigenvalue weighted by molar-refractivity contribution is -0.113. The van der Waals surface area contributed by atoms with Crippen molar-refractivity contribution in [2.24, 2.45) is 0 Å². The molecule has 0 aliphatic rings. The van der Waals surface area contributed by atoms with Gasteiger partial charge in [0.15, 0.2) is 5.16 Å². The normalized spacial score (nSPS) is 10.9. The molecule has 0 bridgehead atoms. The number of thioether (sulfide) groups is 1. The van der Waals surface area contributed by atoms with Gasteiger partial charge in [-0.1, -0.05) is 55.4 Å². The predicted octanol–water partition coefficient (Wildman–Crippen LogP) is 3.31. The fraction of sp³-hybridized carbons (Fsp3) is 0.240. The average Bonchev–Trinajstić information content (AvgIpc) is 3.24. The van der Waals surface area contributed by atoms with Crippen molar-refractivity contribution in [2.75, 3.05) is 11.1 Å². The number of hydrogen-bond acceptors (Lipinski definition) is 6. The maximum absolute atomic E-state index is 12.6. The third kappa shape index (κ3) is 6.57. The van der Waals surface area contributed by atoms with E-state index >= 15 is 0 Å². The van der Waals surface area contributed by atoms with E-state index in [1.165, 1.54) is 23.4 Å². The second-order valence-corrected chi connectivity index (χ2v) is 8.94. The first kappa shape index (κ1) is 24.2. The summed E-state index contributed by atoms with van der Waals surface area (Å²) >= 11 is 1.26. The molecule has 0 fully saturated rings. The average molecular weight is 491 g/mol. The Morgan fingerprint density at radius 2 is 1.80 bits per heavy atom. The molecule has 2 aromatic carbocycles. The Morgan fingerprint density at radius 3 is 2.51 bits per heavy atom. The number of H-pyrrole nitrogens is 2. The molecular formula is C25H26N6O3S. The molecule has 1 amide bonds. The molecule has 3 N–H and O–H groups in total. The van der Waals surface area contributed by atoms with Gasteiger partial charge in [-0.3, -0.25) is 19.1 Å². The quantitative estimate of drug-likeness (QED) is 0.293. The van der Waals surface area contributed by atoms with Crippen LogP contribution in [0.15, 0.2) is 75.4 Å². The van der Waals surface area contributed by atoms with Crippen molar-refractivity contribution in [3.63, 3.8) is 0 Å². The van der Waals surface area contributed by atoms with Crippen LogP contribution < -0.4 is 16.6 Å². The van der Waals surface area contributed by atoms with E-state index in [-0.39, 0.29) is 18.1 Å². The molecule has 2 heterocycles. The summed E-state index contributed by atoms with van der Waals surface area (Å²) < 4.78 is 1.82. The van der Waals surface area contributed by atoms with Crippen LogP contribution in [0, 0.1) is 0 Å². The highest BCUT2D eigenvalue weighted by molar-refractivity contribution is 7.99. The van der Waals surface area contributed by atoms with E-state index in [2.05, 4.69) is 32.4 Å². The third-order valence-corrected chi connectivity index (χ3v) is 6.20. The van der Waals surface area contributed by atoms with E-state index in [9.17, 15) is 14.4 Å². The SMILES string of the molecule is CCCCc1ccc(NC(=O)CSc2nnc(Cc3cc(=O)[nH]c(=O)[nH]3)n2-c2ccccc2)cc1. The van der Waals surface area contributed by atoms with E-state index < -0.39 is 11.2 Å². The molecule has 35 heavy (non-hydrogen) atoms. The first-order valence-electron chi connectivity index (χ1n) is 11.4. The minimum Gasteiger partial charge on any atom is -0.325 e. The highest BCUT2D eigenvalue weighted by atomic mass is 32.2. The minimum atomic E-state index is -0.581. The van der Waals surface area contributed by atoms with Crippen molar-refractivity contribution in [1.29, 1.82) is 0 Å². The zero-order chi connectivity index (χ0) is 24.6. The van der Waals surface area contributed by atoms with Gasteiger partial charge in [0.1, 0.15) is 5.82 Å². The Kier molecular flexibility index (Phi) is 7.94. The zero-order valence-electron chi connectivity index (χ0n) is 19.3. The molecule has 0 atom stereocenters. The van der Waals surface area contributed by atoms with Crippen LogP contribution in [-0.2, 0) is 17.6 Å². The van der Waals surface area contributed by atoms with Crippen LogP contribution in [0.3, 0.4) is 0 Å². The topological polar surface area (TPSA) is 126 Å². The number of para-hydroxylation sites is 1. The molecule has 0 aliphatic carbocycles. The molecule has 2 aromatic heterocycles. The molecule has 9 nitrogen and oxygen atoms in total. The smallest absolute Gasteiger partial charge is 0.325 e. The largest absolute Gasteiger partial charge is 0.325 e. The number of aromatic amines is 2. The number of hydrogen-bond donors (Lipinski definition) is 3. The van der Waals surface area contributed by atoms with Crippen LogP contribution in [0.4, 0.5) is 5.69 Å². The molecule has 0 radical (unpaired) electrons. The fourth-order valence-electron chi connectivity index (χ4n) is 3.59. The number of nitrogens with zero attached hydrogens (tertiary/aromatic N) is 3. The Morgan fingerprint density at radius 1 is 1.03 bits per heavy atom. The van der Waals surface area contributed by atoms with Crippen molar-refractivity contribution in [2.45, 2.75) is 37.8 Å². The predicted molar refractivity (Wildman–Crippen MR) is 136 cm³/mol. The number of nitrogens with one attached hydrogen (secondary N) is 3. The van der Waals surface area contributed by atoms with Gasteiger partial charge in [0.25, 0.3) is 5.56 Å². The zero-order valence-corrected chi connectivity index (χ0v) is 20.1. The van der Waals surface area contributed by atoms with Gasteiger partial charge >= 0.3 is 5.69 Å². The number of aryl methyl sites for hydroxylation is 1. The maximum atomic E-state index is 12.6. The lowest BCUT2D eigenvalue weighted by atomic mass is 10.1. The molecule has 180 valence electrons. The highest BCUT2D eigenvalue weighted by Crippen LogP contribution is 2.23. The summed E-state index contributed by atoms with van der Waals surface area (Å²) in [5.74, 6) is 0.520. The Hall–Kier alpha value is -3.92. The number of rotatable bonds is 10. The van der Waals surface area contributed by atoms with Crippen molar-refractivity contribution < 1.29 is 4.79 Å². The first-order chi connectivity index (χ1) is 17.0. The summed E-state index contributed by atoms with van der Waals surface area (Å²) in [7, 11) is 0. The first-order valence-corrected chi connectivity index (χ1v) is 12.3. The molecule has 0 aliphatic heterocycles. The highest BCUT2D eigenvalue weighted by Gasteiger charge is 2.17. The Bertz CT molecular complexity index is 1360. The third-order valence-electron chi connectivity index (χ3n) is 5.27. The van der Waals surface area contributed by atoms with Gasteiger partial charge in [-0.25, -0.2) is 4.79 Å². The summed E-state index contributed by atoms with van der Waals surface area (Å²) in [4.78, 5) is 40.7. The van der Waals surface area contributed by atoms with E-state index in [1.54, 1.807) is 0 Å². The molecule has 0 unspecified atom stereocenters. The summed E-state index contributed by atoms with van der Waals surface area (Å²) in [5, 5.41) is 12.0. The van der Waals surface area contributed by atoms with E-state index in [0.29, 0.717) is 16.7 Å². The van der Waals surface area contributed by atoms with Gasteiger partial charge in [-0.15, -0.1) is 10.2 Å². The summed E-state index contributed by atoms with van der Waals surface area (Å²) in [6, 6.07) is 18.7. The minimum absolute atomic E-state index is 0.143. The molecule has 10 heteroatoms. The lowest BCUT2D eigenvalue weighted by Gasteiger charge is -2.10. The second-order valence-electron chi connectivity index (χ2n) is 8.00. The van der Waals surface area contributed by atoms with Crippen LogP contribution in [0.2, 0.25) is 0 Å². The van der Waals surface area contributed by atoms with Crippen LogP contribution in [-0.4, -0.2) is 36.4 Å². The van der Waals surface area contributed by atoms with Crippen molar-refractivity contribution in [3.05, 3.63) is 98.6 Å². The molecule has 4 rings (SSSR count).